The Morgan fingerprint density at radius 3 is 2.65 bits per heavy atom. The van der Waals surface area contributed by atoms with Gasteiger partial charge in [-0.15, -0.1) is 0 Å². The van der Waals surface area contributed by atoms with Crippen LogP contribution in [0, 0.1) is 0 Å². The lowest BCUT2D eigenvalue weighted by Crippen LogP contribution is -2.21. The van der Waals surface area contributed by atoms with Crippen molar-refractivity contribution < 1.29 is 23.2 Å². The fraction of sp³-hybridized carbons (Fsp3) is 0.0588. The Hall–Kier alpha value is -3.28. The summed E-state index contributed by atoms with van der Waals surface area (Å²) in [5, 5.41) is 0. The van der Waals surface area contributed by atoms with Crippen molar-refractivity contribution in [2.75, 3.05) is 0 Å². The average molecular weight is 307 g/mol. The molecule has 0 spiro atoms. The Kier molecular flexibility index (Phi) is 2.68. The van der Waals surface area contributed by atoms with Crippen LogP contribution in [0.5, 0.6) is 0 Å². The van der Waals surface area contributed by atoms with Crippen molar-refractivity contribution in [3.63, 3.8) is 0 Å². The van der Waals surface area contributed by atoms with E-state index in [1.165, 1.54) is 25.5 Å². The Morgan fingerprint density at radius 1 is 1.13 bits per heavy atom. The van der Waals surface area contributed by atoms with Gasteiger partial charge in [0.25, 0.3) is 0 Å². The lowest BCUT2D eigenvalue weighted by atomic mass is 9.88. The van der Waals surface area contributed by atoms with Crippen molar-refractivity contribution in [1.82, 2.24) is 4.98 Å². The predicted octanol–water partition coefficient (Wildman–Crippen LogP) is 2.91. The van der Waals surface area contributed by atoms with E-state index < -0.39 is 11.6 Å². The Bertz CT molecular complexity index is 979. The number of pyridine rings is 1. The number of nitrogens with zero attached hydrogens (tertiary/aromatic N) is 1. The Balaban J connectivity index is 1.98. The molecule has 1 aliphatic rings. The van der Waals surface area contributed by atoms with Crippen LogP contribution in [0.15, 0.2) is 45.6 Å². The van der Waals surface area contributed by atoms with Crippen molar-refractivity contribution in [1.29, 1.82) is 0 Å². The Labute approximate surface area is 129 Å². The van der Waals surface area contributed by atoms with E-state index in [0.29, 0.717) is 11.3 Å². The molecule has 0 atom stereocenters. The maximum Gasteiger partial charge on any atom is 0.248 e. The quantitative estimate of drug-likeness (QED) is 0.529. The van der Waals surface area contributed by atoms with Gasteiger partial charge in [-0.1, -0.05) is 0 Å². The van der Waals surface area contributed by atoms with Gasteiger partial charge in [-0.2, -0.15) is 0 Å². The van der Waals surface area contributed by atoms with E-state index in [1.807, 2.05) is 0 Å². The van der Waals surface area contributed by atoms with Crippen LogP contribution in [-0.4, -0.2) is 22.3 Å². The largest absolute Gasteiger partial charge is 0.464 e. The van der Waals surface area contributed by atoms with Gasteiger partial charge in [0.05, 0.1) is 17.4 Å². The van der Waals surface area contributed by atoms with E-state index in [1.54, 1.807) is 18.2 Å². The first kappa shape index (κ1) is 13.4. The molecule has 0 unspecified atom stereocenters. The second-order valence-electron chi connectivity index (χ2n) is 5.13. The van der Waals surface area contributed by atoms with E-state index in [9.17, 15) is 14.4 Å². The van der Waals surface area contributed by atoms with Crippen LogP contribution >= 0.6 is 0 Å². The molecule has 23 heavy (non-hydrogen) atoms. The second kappa shape index (κ2) is 4.61. The molecule has 4 rings (SSSR count). The molecule has 3 heterocycles. The zero-order chi connectivity index (χ0) is 16.1. The number of rotatable bonds is 2. The molecule has 0 aromatic carbocycles. The van der Waals surface area contributed by atoms with Gasteiger partial charge in [0, 0.05) is 18.7 Å². The summed E-state index contributed by atoms with van der Waals surface area (Å²) in [6.07, 6.45) is 2.91. The van der Waals surface area contributed by atoms with Gasteiger partial charge in [0.15, 0.2) is 23.1 Å². The van der Waals surface area contributed by atoms with E-state index in [0.717, 1.165) is 0 Å². The molecule has 0 bridgehead atoms. The van der Waals surface area contributed by atoms with Crippen LogP contribution in [0.3, 0.4) is 0 Å². The molecular formula is C17H9NO5. The van der Waals surface area contributed by atoms with Gasteiger partial charge >= 0.3 is 0 Å². The van der Waals surface area contributed by atoms with Crippen molar-refractivity contribution in [2.24, 2.45) is 0 Å². The van der Waals surface area contributed by atoms with Gasteiger partial charge in [-0.25, -0.2) is 0 Å². The van der Waals surface area contributed by atoms with Crippen molar-refractivity contribution in [2.45, 2.75) is 6.92 Å². The number of hydrogen-bond donors (Lipinski definition) is 0. The summed E-state index contributed by atoms with van der Waals surface area (Å²) in [6.45, 7) is 1.30. The van der Waals surface area contributed by atoms with Gasteiger partial charge in [0.1, 0.15) is 11.5 Å². The van der Waals surface area contributed by atoms with E-state index >= 15 is 0 Å². The fourth-order valence-corrected chi connectivity index (χ4v) is 2.65. The first-order valence-electron chi connectivity index (χ1n) is 6.85. The predicted molar refractivity (Wildman–Crippen MR) is 77.5 cm³/mol. The highest BCUT2D eigenvalue weighted by Gasteiger charge is 2.37. The molecule has 0 fully saturated rings. The average Bonchev–Trinajstić information content (AvgIpc) is 3.21. The monoisotopic (exact) mass is 307 g/mol. The number of Topliss-reactive ketones (excluding diaryl/α,β-unsaturated/α-hetero) is 1. The molecular weight excluding hydrogens is 298 g/mol. The molecule has 6 heteroatoms. The molecule has 112 valence electrons. The van der Waals surface area contributed by atoms with Crippen LogP contribution in [0.2, 0.25) is 0 Å². The fourth-order valence-electron chi connectivity index (χ4n) is 2.65. The number of furan rings is 2. The van der Waals surface area contributed by atoms with Crippen molar-refractivity contribution >= 4 is 17.3 Å². The maximum absolute atomic E-state index is 12.8. The highest BCUT2D eigenvalue weighted by Crippen LogP contribution is 2.34. The summed E-state index contributed by atoms with van der Waals surface area (Å²) < 4.78 is 10.6. The number of fused-ring (bicyclic) bond motifs is 2. The minimum atomic E-state index is -0.518. The minimum Gasteiger partial charge on any atom is -0.464 e. The first-order valence-corrected chi connectivity index (χ1v) is 6.85. The topological polar surface area (TPSA) is 90.4 Å². The summed E-state index contributed by atoms with van der Waals surface area (Å²) in [5.41, 5.74) is 0.722. The van der Waals surface area contributed by atoms with Gasteiger partial charge in [0.2, 0.25) is 5.78 Å². The van der Waals surface area contributed by atoms with Crippen LogP contribution in [0.25, 0.3) is 11.3 Å². The third kappa shape index (κ3) is 1.81. The molecule has 3 aromatic rings. The Morgan fingerprint density at radius 2 is 1.96 bits per heavy atom. The molecule has 0 saturated carbocycles. The normalized spacial score (nSPS) is 12.9. The highest BCUT2D eigenvalue weighted by atomic mass is 16.4. The number of aromatic nitrogens is 1. The molecule has 0 amide bonds. The second-order valence-corrected chi connectivity index (χ2v) is 5.13. The number of carbonyl (C=O) groups excluding carboxylic acids is 3. The molecule has 0 radical (unpaired) electrons. The summed E-state index contributed by atoms with van der Waals surface area (Å²) in [5.74, 6) is -0.992. The van der Waals surface area contributed by atoms with Gasteiger partial charge < -0.3 is 8.83 Å². The van der Waals surface area contributed by atoms with Gasteiger partial charge in [-0.05, 0) is 24.3 Å². The maximum atomic E-state index is 12.8. The lowest BCUT2D eigenvalue weighted by Gasteiger charge is -2.14. The summed E-state index contributed by atoms with van der Waals surface area (Å²) >= 11 is 0. The standard InChI is InChI=1S/C17H9NO5/c1-8(19)12-7-10-15(20)13-9(11-3-2-6-22-11)4-5-18-14(13)16(21)17(10)23-12/h2-7H,1H3. The summed E-state index contributed by atoms with van der Waals surface area (Å²) in [7, 11) is 0. The minimum absolute atomic E-state index is 0.000789. The zero-order valence-electron chi connectivity index (χ0n) is 12.0. The summed E-state index contributed by atoms with van der Waals surface area (Å²) in [4.78, 5) is 40.8. The van der Waals surface area contributed by atoms with E-state index in [2.05, 4.69) is 4.98 Å². The van der Waals surface area contributed by atoms with Crippen molar-refractivity contribution in [3.05, 3.63) is 65.1 Å². The molecule has 3 aromatic heterocycles. The van der Waals surface area contributed by atoms with Crippen LogP contribution in [0.1, 0.15) is 49.6 Å². The molecule has 1 aliphatic carbocycles. The third-order valence-corrected chi connectivity index (χ3v) is 3.71. The van der Waals surface area contributed by atoms with Crippen molar-refractivity contribution in [3.8, 4) is 11.3 Å². The SMILES string of the molecule is CC(=O)c1cc2c(o1)C(=O)c1nccc(-c3ccco3)c1C2=O. The highest BCUT2D eigenvalue weighted by molar-refractivity contribution is 6.29. The number of hydrogen-bond acceptors (Lipinski definition) is 6. The molecule has 0 aliphatic heterocycles. The molecule has 0 N–H and O–H groups in total. The van der Waals surface area contributed by atoms with E-state index in [-0.39, 0.29) is 34.1 Å². The lowest BCUT2D eigenvalue weighted by molar-refractivity contribution is 0.0944. The zero-order valence-corrected chi connectivity index (χ0v) is 12.0. The van der Waals surface area contributed by atoms with Crippen LogP contribution < -0.4 is 0 Å². The molecule has 0 saturated heterocycles. The first-order chi connectivity index (χ1) is 11.1. The molecule has 6 nitrogen and oxygen atoms in total. The smallest absolute Gasteiger partial charge is 0.248 e. The van der Waals surface area contributed by atoms with Crippen LogP contribution in [0.4, 0.5) is 0 Å². The van der Waals surface area contributed by atoms with Crippen LogP contribution in [-0.2, 0) is 0 Å². The number of ketones is 3. The van der Waals surface area contributed by atoms with E-state index in [4.69, 9.17) is 8.83 Å². The third-order valence-electron chi connectivity index (χ3n) is 3.71. The number of carbonyl (C=O) groups is 3. The van der Waals surface area contributed by atoms with Gasteiger partial charge in [-0.3, -0.25) is 19.4 Å². The summed E-state index contributed by atoms with van der Waals surface area (Å²) in [6, 6.07) is 6.30.